The molecule has 0 aromatic heterocycles. The third-order valence-corrected chi connectivity index (χ3v) is 5.13. The van der Waals surface area contributed by atoms with Crippen molar-refractivity contribution >= 4 is 24.2 Å². The van der Waals surface area contributed by atoms with E-state index in [2.05, 4.69) is 19.2 Å². The second-order valence-electron chi connectivity index (χ2n) is 7.43. The molecule has 0 radical (unpaired) electrons. The van der Waals surface area contributed by atoms with E-state index in [4.69, 9.17) is 5.73 Å². The van der Waals surface area contributed by atoms with Gasteiger partial charge in [-0.2, -0.15) is 0 Å². The molecule has 1 atom stereocenters. The lowest BCUT2D eigenvalue weighted by Gasteiger charge is -2.47. The van der Waals surface area contributed by atoms with Crippen molar-refractivity contribution in [2.45, 2.75) is 70.9 Å². The number of rotatable bonds is 2. The van der Waals surface area contributed by atoms with E-state index in [1.54, 1.807) is 0 Å². The number of carbonyl (C=O) groups is 2. The molecule has 0 aromatic rings. The minimum Gasteiger partial charge on any atom is -0.342 e. The van der Waals surface area contributed by atoms with Crippen LogP contribution in [0.1, 0.15) is 59.3 Å². The quantitative estimate of drug-likeness (QED) is 0.810. The van der Waals surface area contributed by atoms with Crippen LogP contribution in [-0.2, 0) is 9.59 Å². The topological polar surface area (TPSA) is 75.4 Å². The summed E-state index contributed by atoms with van der Waals surface area (Å²) in [4.78, 5) is 26.6. The summed E-state index contributed by atoms with van der Waals surface area (Å²) >= 11 is 0. The fourth-order valence-corrected chi connectivity index (χ4v) is 3.73. The van der Waals surface area contributed by atoms with E-state index in [1.165, 1.54) is 6.92 Å². The summed E-state index contributed by atoms with van der Waals surface area (Å²) < 4.78 is 0. The fourth-order valence-electron chi connectivity index (χ4n) is 3.73. The predicted molar refractivity (Wildman–Crippen MR) is 89.8 cm³/mol. The van der Waals surface area contributed by atoms with Gasteiger partial charge in [-0.3, -0.25) is 9.59 Å². The molecule has 1 saturated heterocycles. The van der Waals surface area contributed by atoms with Crippen molar-refractivity contribution in [1.82, 2.24) is 10.2 Å². The van der Waals surface area contributed by atoms with Crippen LogP contribution in [0, 0.1) is 5.41 Å². The zero-order valence-electron chi connectivity index (χ0n) is 14.0. The summed E-state index contributed by atoms with van der Waals surface area (Å²) in [6.07, 6.45) is 5.49. The lowest BCUT2D eigenvalue weighted by molar-refractivity contribution is -0.146. The maximum Gasteiger partial charge on any atom is 0.248 e. The summed E-state index contributed by atoms with van der Waals surface area (Å²) in [5.74, 6) is -0.0180. The Morgan fingerprint density at radius 3 is 2.27 bits per heavy atom. The van der Waals surface area contributed by atoms with Crippen LogP contribution in [0.15, 0.2) is 0 Å². The first kappa shape index (κ1) is 19.2. The Kier molecular flexibility index (Phi) is 6.27. The molecule has 1 saturated carbocycles. The number of likely N-dealkylation sites (tertiary alicyclic amines) is 1. The minimum absolute atomic E-state index is 0. The highest BCUT2D eigenvalue weighted by atomic mass is 35.5. The molecule has 1 heterocycles. The zero-order chi connectivity index (χ0) is 15.7. The Balaban J connectivity index is 0.00000242. The third-order valence-electron chi connectivity index (χ3n) is 5.13. The van der Waals surface area contributed by atoms with Gasteiger partial charge in [-0.1, -0.05) is 33.1 Å². The van der Waals surface area contributed by atoms with Crippen molar-refractivity contribution in [2.24, 2.45) is 11.1 Å². The summed E-state index contributed by atoms with van der Waals surface area (Å²) in [5, 5.41) is 2.97. The molecule has 22 heavy (non-hydrogen) atoms. The standard InChI is InChI=1S/C16H29N3O2.ClH/c1-12(20)18-16(8-5-4-6-9-16)14(21)19-10-7-13(17)15(2,3)11-19;/h13H,4-11,17H2,1-3H3,(H,18,20);1H. The van der Waals surface area contributed by atoms with Crippen molar-refractivity contribution in [3.8, 4) is 0 Å². The van der Waals surface area contributed by atoms with Gasteiger partial charge in [-0.05, 0) is 24.7 Å². The number of nitrogens with two attached hydrogens (primary N) is 1. The SMILES string of the molecule is CC(=O)NC1(C(=O)N2CCC(N)C(C)(C)C2)CCCCC1.Cl. The molecule has 1 aliphatic heterocycles. The van der Waals surface area contributed by atoms with Crippen LogP contribution < -0.4 is 11.1 Å². The Morgan fingerprint density at radius 2 is 1.77 bits per heavy atom. The number of piperidine rings is 1. The number of amides is 2. The third kappa shape index (κ3) is 3.93. The molecule has 3 N–H and O–H groups in total. The van der Waals surface area contributed by atoms with E-state index < -0.39 is 5.54 Å². The lowest BCUT2D eigenvalue weighted by atomic mass is 9.76. The van der Waals surface area contributed by atoms with Crippen LogP contribution >= 0.6 is 12.4 Å². The normalized spacial score (nSPS) is 26.7. The highest BCUT2D eigenvalue weighted by Gasteiger charge is 2.45. The molecule has 2 rings (SSSR count). The largest absolute Gasteiger partial charge is 0.342 e. The van der Waals surface area contributed by atoms with E-state index in [-0.39, 0.29) is 35.7 Å². The van der Waals surface area contributed by atoms with Crippen molar-refractivity contribution in [3.63, 3.8) is 0 Å². The number of hydrogen-bond acceptors (Lipinski definition) is 3. The first-order chi connectivity index (χ1) is 9.77. The number of carbonyl (C=O) groups excluding carboxylic acids is 2. The van der Waals surface area contributed by atoms with Crippen molar-refractivity contribution < 1.29 is 9.59 Å². The molecule has 0 spiro atoms. The Labute approximate surface area is 139 Å². The lowest BCUT2D eigenvalue weighted by Crippen LogP contribution is -2.64. The number of halogens is 1. The summed E-state index contributed by atoms with van der Waals surface area (Å²) in [7, 11) is 0. The molecule has 1 unspecified atom stereocenters. The Hall–Kier alpha value is -0.810. The van der Waals surface area contributed by atoms with Gasteiger partial charge < -0.3 is 16.0 Å². The maximum atomic E-state index is 13.1. The molecule has 2 fully saturated rings. The van der Waals surface area contributed by atoms with Crippen LogP contribution in [0.25, 0.3) is 0 Å². The van der Waals surface area contributed by atoms with Crippen LogP contribution in [0.3, 0.4) is 0 Å². The molecule has 0 aromatic carbocycles. The van der Waals surface area contributed by atoms with E-state index in [0.29, 0.717) is 13.1 Å². The monoisotopic (exact) mass is 331 g/mol. The van der Waals surface area contributed by atoms with E-state index in [0.717, 1.165) is 38.5 Å². The summed E-state index contributed by atoms with van der Waals surface area (Å²) in [6.45, 7) is 7.10. The van der Waals surface area contributed by atoms with Gasteiger partial charge in [0.2, 0.25) is 11.8 Å². The number of nitrogens with one attached hydrogen (secondary N) is 1. The minimum atomic E-state index is -0.679. The van der Waals surface area contributed by atoms with Gasteiger partial charge in [0.25, 0.3) is 0 Å². The van der Waals surface area contributed by atoms with Gasteiger partial charge in [0.1, 0.15) is 5.54 Å². The molecule has 0 bridgehead atoms. The van der Waals surface area contributed by atoms with Gasteiger partial charge in [0.15, 0.2) is 0 Å². The molecule has 2 aliphatic rings. The van der Waals surface area contributed by atoms with E-state index >= 15 is 0 Å². The average molecular weight is 332 g/mol. The van der Waals surface area contributed by atoms with Gasteiger partial charge in [-0.15, -0.1) is 12.4 Å². The Bertz CT molecular complexity index is 420. The second kappa shape index (κ2) is 7.18. The van der Waals surface area contributed by atoms with E-state index in [1.807, 2.05) is 4.90 Å². The first-order valence-electron chi connectivity index (χ1n) is 8.11. The molecule has 6 heteroatoms. The van der Waals surface area contributed by atoms with Crippen LogP contribution in [-0.4, -0.2) is 41.4 Å². The maximum absolute atomic E-state index is 13.1. The molecular weight excluding hydrogens is 302 g/mol. The van der Waals surface area contributed by atoms with E-state index in [9.17, 15) is 9.59 Å². The first-order valence-corrected chi connectivity index (χ1v) is 8.11. The van der Waals surface area contributed by atoms with Crippen LogP contribution in [0.4, 0.5) is 0 Å². The Morgan fingerprint density at radius 1 is 1.18 bits per heavy atom. The second-order valence-corrected chi connectivity index (χ2v) is 7.43. The molecule has 2 amide bonds. The molecule has 1 aliphatic carbocycles. The van der Waals surface area contributed by atoms with Gasteiger partial charge >= 0.3 is 0 Å². The molecule has 128 valence electrons. The van der Waals surface area contributed by atoms with Crippen molar-refractivity contribution in [3.05, 3.63) is 0 Å². The molecule has 5 nitrogen and oxygen atoms in total. The molecular formula is C16H30ClN3O2. The van der Waals surface area contributed by atoms with Crippen molar-refractivity contribution in [2.75, 3.05) is 13.1 Å². The highest BCUT2D eigenvalue weighted by molar-refractivity contribution is 5.91. The number of nitrogens with zero attached hydrogens (tertiary/aromatic N) is 1. The predicted octanol–water partition coefficient (Wildman–Crippen LogP) is 1.83. The van der Waals surface area contributed by atoms with Gasteiger partial charge in [-0.25, -0.2) is 0 Å². The fraction of sp³-hybridized carbons (Fsp3) is 0.875. The van der Waals surface area contributed by atoms with Crippen LogP contribution in [0.2, 0.25) is 0 Å². The average Bonchev–Trinajstić information content (AvgIpc) is 2.41. The van der Waals surface area contributed by atoms with Crippen LogP contribution in [0.5, 0.6) is 0 Å². The smallest absolute Gasteiger partial charge is 0.248 e. The summed E-state index contributed by atoms with van der Waals surface area (Å²) in [6, 6.07) is 0.129. The highest BCUT2D eigenvalue weighted by Crippen LogP contribution is 2.34. The van der Waals surface area contributed by atoms with Crippen molar-refractivity contribution in [1.29, 1.82) is 0 Å². The zero-order valence-corrected chi connectivity index (χ0v) is 14.8. The number of hydrogen-bond donors (Lipinski definition) is 2. The summed E-state index contributed by atoms with van der Waals surface area (Å²) in [5.41, 5.74) is 5.41. The van der Waals surface area contributed by atoms with Gasteiger partial charge in [0.05, 0.1) is 0 Å². The van der Waals surface area contributed by atoms with Gasteiger partial charge in [0, 0.05) is 26.1 Å².